The molecule has 8 nitrogen and oxygen atoms in total. The van der Waals surface area contributed by atoms with Gasteiger partial charge in [0.05, 0.1) is 6.54 Å². The molecule has 3 rings (SSSR count). The van der Waals surface area contributed by atoms with Crippen LogP contribution >= 0.6 is 0 Å². The van der Waals surface area contributed by atoms with E-state index in [-0.39, 0.29) is 42.4 Å². The van der Waals surface area contributed by atoms with Crippen molar-refractivity contribution in [3.8, 4) is 11.8 Å². The first-order chi connectivity index (χ1) is 15.4. The molecule has 3 aromatic rings. The normalized spacial score (nSPS) is 10.6. The van der Waals surface area contributed by atoms with Gasteiger partial charge in [0, 0.05) is 27.2 Å². The van der Waals surface area contributed by atoms with Crippen molar-refractivity contribution >= 4 is 18.1 Å². The predicted molar refractivity (Wildman–Crippen MR) is 117 cm³/mol. The fourth-order valence-corrected chi connectivity index (χ4v) is 3.11. The summed E-state index contributed by atoms with van der Waals surface area (Å²) in [5, 5.41) is 9.13. The third-order valence-corrected chi connectivity index (χ3v) is 4.81. The van der Waals surface area contributed by atoms with Crippen LogP contribution in [0.1, 0.15) is 22.5 Å². The number of hydrogen-bond acceptors (Lipinski definition) is 5. The number of aliphatic hydroxyl groups excluding tert-OH is 1. The van der Waals surface area contributed by atoms with Crippen molar-refractivity contribution in [2.75, 3.05) is 32.1 Å². The first-order valence-electron chi connectivity index (χ1n) is 10.1. The highest BCUT2D eigenvalue weighted by Crippen LogP contribution is 2.30. The Labute approximate surface area is 185 Å². The average Bonchev–Trinajstić information content (AvgIpc) is 3.16. The molecule has 1 heterocycles. The zero-order valence-electron chi connectivity index (χ0n) is 17.9. The lowest BCUT2D eigenvalue weighted by Gasteiger charge is -2.20. The number of ether oxygens (including phenoxy) is 1. The van der Waals surface area contributed by atoms with Crippen LogP contribution in [0.15, 0.2) is 54.6 Å². The van der Waals surface area contributed by atoms with E-state index in [9.17, 15) is 14.0 Å². The highest BCUT2D eigenvalue weighted by Gasteiger charge is 2.29. The monoisotopic (exact) mass is 440 g/mol. The molecule has 0 atom stereocenters. The third-order valence-electron chi connectivity index (χ3n) is 4.81. The lowest BCUT2D eigenvalue weighted by Crippen LogP contribution is -2.32. The van der Waals surface area contributed by atoms with Crippen molar-refractivity contribution in [3.63, 3.8) is 0 Å². The second-order valence-corrected chi connectivity index (χ2v) is 7.21. The van der Waals surface area contributed by atoms with Crippen LogP contribution in [0.5, 0.6) is 11.8 Å². The van der Waals surface area contributed by atoms with Crippen molar-refractivity contribution in [1.82, 2.24) is 14.5 Å². The summed E-state index contributed by atoms with van der Waals surface area (Å²) < 4.78 is 20.9. The maximum absolute atomic E-state index is 13.4. The third kappa shape index (κ3) is 5.30. The minimum atomic E-state index is -0.389. The Kier molecular flexibility index (Phi) is 7.56. The van der Waals surface area contributed by atoms with Gasteiger partial charge in [0.1, 0.15) is 11.6 Å². The van der Waals surface area contributed by atoms with E-state index in [4.69, 9.17) is 9.84 Å². The molecule has 32 heavy (non-hydrogen) atoms. The first-order valence-corrected chi connectivity index (χ1v) is 10.1. The molecule has 0 spiro atoms. The summed E-state index contributed by atoms with van der Waals surface area (Å²) in [5.74, 6) is -0.124. The number of imidazole rings is 1. The summed E-state index contributed by atoms with van der Waals surface area (Å²) in [6, 6.07) is 14.9. The van der Waals surface area contributed by atoms with Crippen LogP contribution in [-0.4, -0.2) is 59.1 Å². The van der Waals surface area contributed by atoms with E-state index in [2.05, 4.69) is 4.98 Å². The van der Waals surface area contributed by atoms with Gasteiger partial charge in [-0.25, -0.2) is 4.39 Å². The number of benzene rings is 2. The second kappa shape index (κ2) is 10.5. The number of hydrogen-bond donors (Lipinski definition) is 1. The summed E-state index contributed by atoms with van der Waals surface area (Å²) in [6.45, 7) is 0.420. The number of rotatable bonds is 10. The predicted octanol–water partition coefficient (Wildman–Crippen LogP) is 2.91. The molecule has 0 bridgehead atoms. The Hall–Kier alpha value is -3.72. The van der Waals surface area contributed by atoms with Crippen molar-refractivity contribution in [3.05, 3.63) is 71.7 Å². The number of para-hydroxylation sites is 1. The number of aliphatic hydroxyl groups is 1. The first kappa shape index (κ1) is 23.0. The zero-order valence-corrected chi connectivity index (χ0v) is 17.9. The fourth-order valence-electron chi connectivity index (χ4n) is 3.11. The van der Waals surface area contributed by atoms with Gasteiger partial charge in [-0.3, -0.25) is 14.2 Å². The Morgan fingerprint density at radius 3 is 2.47 bits per heavy atom. The SMILES string of the molecule is CN(CCCO)C(=O)c1c(N(C)C=O)nc(Oc2ccccc2)n1Cc1ccc(F)cc1. The fraction of sp³-hybridized carbons (Fsp3) is 0.261. The van der Waals surface area contributed by atoms with Crippen LogP contribution in [0.3, 0.4) is 0 Å². The van der Waals surface area contributed by atoms with E-state index in [1.807, 2.05) is 6.07 Å². The van der Waals surface area contributed by atoms with Gasteiger partial charge in [0.15, 0.2) is 11.5 Å². The van der Waals surface area contributed by atoms with Crippen LogP contribution < -0.4 is 9.64 Å². The van der Waals surface area contributed by atoms with Crippen molar-refractivity contribution in [2.24, 2.45) is 0 Å². The standard InChI is InChI=1S/C23H25FN4O4/c1-26(13-6-14-29)22(31)20-21(27(2)16-30)25-23(32-19-7-4-3-5-8-19)28(20)15-17-9-11-18(24)12-10-17/h3-5,7-12,16,29H,6,13-15H2,1-2H3. The number of amides is 2. The van der Waals surface area contributed by atoms with Crippen LogP contribution in [-0.2, 0) is 11.3 Å². The number of anilines is 1. The molecule has 9 heteroatoms. The van der Waals surface area contributed by atoms with E-state index in [1.54, 1.807) is 48.0 Å². The van der Waals surface area contributed by atoms with E-state index >= 15 is 0 Å². The lowest BCUT2D eigenvalue weighted by atomic mass is 10.2. The minimum Gasteiger partial charge on any atom is -0.425 e. The number of aromatic nitrogens is 2. The minimum absolute atomic E-state index is 0.0596. The topological polar surface area (TPSA) is 87.9 Å². The van der Waals surface area contributed by atoms with Crippen LogP contribution in [0.2, 0.25) is 0 Å². The van der Waals surface area contributed by atoms with Crippen LogP contribution in [0.4, 0.5) is 10.2 Å². The summed E-state index contributed by atoms with van der Waals surface area (Å²) in [6.07, 6.45) is 0.960. The lowest BCUT2D eigenvalue weighted by molar-refractivity contribution is -0.107. The molecule has 0 unspecified atom stereocenters. The van der Waals surface area contributed by atoms with Crippen LogP contribution in [0, 0.1) is 5.82 Å². The molecular weight excluding hydrogens is 415 g/mol. The molecule has 2 aromatic carbocycles. The molecule has 0 saturated heterocycles. The van der Waals surface area contributed by atoms with Gasteiger partial charge in [-0.15, -0.1) is 0 Å². The molecule has 1 aromatic heterocycles. The molecule has 1 N–H and O–H groups in total. The molecule has 168 valence electrons. The molecule has 0 aliphatic carbocycles. The van der Waals surface area contributed by atoms with Gasteiger partial charge in [0.25, 0.3) is 5.91 Å². The second-order valence-electron chi connectivity index (χ2n) is 7.21. The average molecular weight is 440 g/mol. The number of carbonyl (C=O) groups excluding carboxylic acids is 2. The molecule has 0 fully saturated rings. The highest BCUT2D eigenvalue weighted by molar-refractivity contribution is 5.99. The maximum atomic E-state index is 13.4. The summed E-state index contributed by atoms with van der Waals surface area (Å²) >= 11 is 0. The van der Waals surface area contributed by atoms with Crippen molar-refractivity contribution < 1.29 is 23.8 Å². The molecule has 0 saturated carbocycles. The number of halogens is 1. The van der Waals surface area contributed by atoms with Gasteiger partial charge in [-0.2, -0.15) is 4.98 Å². The summed E-state index contributed by atoms with van der Waals surface area (Å²) in [7, 11) is 3.10. The van der Waals surface area contributed by atoms with Gasteiger partial charge >= 0.3 is 6.01 Å². The molecular formula is C23H25FN4O4. The molecule has 0 radical (unpaired) electrons. The van der Waals surface area contributed by atoms with Gasteiger partial charge in [-0.1, -0.05) is 30.3 Å². The van der Waals surface area contributed by atoms with Crippen molar-refractivity contribution in [1.29, 1.82) is 0 Å². The number of carbonyl (C=O) groups is 2. The Morgan fingerprint density at radius 1 is 1.16 bits per heavy atom. The Morgan fingerprint density at radius 2 is 1.84 bits per heavy atom. The quantitative estimate of drug-likeness (QED) is 0.490. The maximum Gasteiger partial charge on any atom is 0.304 e. The Bertz CT molecular complexity index is 1050. The summed E-state index contributed by atoms with van der Waals surface area (Å²) in [4.78, 5) is 32.0. The number of nitrogens with zero attached hydrogens (tertiary/aromatic N) is 4. The van der Waals surface area contributed by atoms with Crippen LogP contribution in [0.25, 0.3) is 0 Å². The summed E-state index contributed by atoms with van der Waals surface area (Å²) in [5.41, 5.74) is 0.865. The van der Waals surface area contributed by atoms with E-state index in [0.717, 1.165) is 0 Å². The van der Waals surface area contributed by atoms with E-state index in [0.29, 0.717) is 30.7 Å². The zero-order chi connectivity index (χ0) is 23.1. The van der Waals surface area contributed by atoms with Crippen molar-refractivity contribution in [2.45, 2.75) is 13.0 Å². The largest absolute Gasteiger partial charge is 0.425 e. The van der Waals surface area contributed by atoms with E-state index in [1.165, 1.54) is 29.0 Å². The smallest absolute Gasteiger partial charge is 0.304 e. The Balaban J connectivity index is 2.12. The van der Waals surface area contributed by atoms with E-state index < -0.39 is 0 Å². The molecule has 2 amide bonds. The molecule has 0 aliphatic rings. The highest BCUT2D eigenvalue weighted by atomic mass is 19.1. The molecule has 0 aliphatic heterocycles. The van der Waals surface area contributed by atoms with Gasteiger partial charge < -0.3 is 19.6 Å². The van der Waals surface area contributed by atoms with Gasteiger partial charge in [-0.05, 0) is 36.2 Å². The van der Waals surface area contributed by atoms with Gasteiger partial charge in [0.2, 0.25) is 6.41 Å².